The Labute approximate surface area is 128 Å². The summed E-state index contributed by atoms with van der Waals surface area (Å²) in [5.74, 6) is 0.754. The van der Waals surface area contributed by atoms with Crippen molar-refractivity contribution in [3.8, 4) is 0 Å². The highest BCUT2D eigenvalue weighted by Crippen LogP contribution is 2.16. The zero-order chi connectivity index (χ0) is 15.7. The molecule has 7 nitrogen and oxygen atoms in total. The van der Waals surface area contributed by atoms with Gasteiger partial charge in [-0.1, -0.05) is 18.2 Å². The van der Waals surface area contributed by atoms with Gasteiger partial charge in [-0.15, -0.1) is 10.2 Å². The lowest BCUT2D eigenvalue weighted by Crippen LogP contribution is -2.39. The first-order valence-electron chi connectivity index (χ1n) is 7.06. The Morgan fingerprint density at radius 1 is 1.09 bits per heavy atom. The molecule has 0 N–H and O–H groups in total. The lowest BCUT2D eigenvalue weighted by Gasteiger charge is -2.28. The van der Waals surface area contributed by atoms with E-state index in [1.54, 1.807) is 35.7 Å². The van der Waals surface area contributed by atoms with Gasteiger partial charge in [0.15, 0.2) is 5.82 Å². The van der Waals surface area contributed by atoms with Gasteiger partial charge in [-0.05, 0) is 12.1 Å². The van der Waals surface area contributed by atoms with E-state index in [-0.39, 0.29) is 11.8 Å². The number of aromatic nitrogens is 3. The Kier molecular flexibility index (Phi) is 3.62. The fraction of sp³-hybridized carbons (Fsp3) is 0.333. The highest BCUT2D eigenvalue weighted by molar-refractivity contribution is 5.94. The van der Waals surface area contributed by atoms with Crippen molar-refractivity contribution < 1.29 is 9.59 Å². The first kappa shape index (κ1) is 14.2. The number of nitrogens with zero attached hydrogens (tertiary/aromatic N) is 5. The van der Waals surface area contributed by atoms with E-state index in [1.807, 2.05) is 18.2 Å². The zero-order valence-corrected chi connectivity index (χ0v) is 12.6. The number of amides is 2. The first-order chi connectivity index (χ1) is 10.6. The lowest BCUT2D eigenvalue weighted by atomic mass is 10.2. The summed E-state index contributed by atoms with van der Waals surface area (Å²) in [7, 11) is 3.36. The van der Waals surface area contributed by atoms with E-state index < -0.39 is 0 Å². The normalized spacial score (nSPS) is 13.6. The molecule has 3 rings (SSSR count). The highest BCUT2D eigenvalue weighted by atomic mass is 16.2. The summed E-state index contributed by atoms with van der Waals surface area (Å²) in [5.41, 5.74) is 0.653. The molecule has 0 spiro atoms. The highest BCUT2D eigenvalue weighted by Gasteiger charge is 2.27. The van der Waals surface area contributed by atoms with Gasteiger partial charge in [-0.25, -0.2) is 0 Å². The van der Waals surface area contributed by atoms with Gasteiger partial charge in [0.2, 0.25) is 5.82 Å². The summed E-state index contributed by atoms with van der Waals surface area (Å²) in [4.78, 5) is 27.7. The van der Waals surface area contributed by atoms with E-state index in [2.05, 4.69) is 10.2 Å². The Morgan fingerprint density at radius 3 is 2.50 bits per heavy atom. The molecule has 0 saturated carbocycles. The van der Waals surface area contributed by atoms with Crippen LogP contribution in [0.2, 0.25) is 0 Å². The predicted molar refractivity (Wildman–Crippen MR) is 79.2 cm³/mol. The molecule has 0 atom stereocenters. The molecule has 0 fully saturated rings. The van der Waals surface area contributed by atoms with Crippen LogP contribution in [0, 0.1) is 0 Å². The first-order valence-corrected chi connectivity index (χ1v) is 7.06. The van der Waals surface area contributed by atoms with Crippen LogP contribution in [0.25, 0.3) is 0 Å². The molecule has 1 aromatic heterocycles. The van der Waals surface area contributed by atoms with Crippen LogP contribution in [0.15, 0.2) is 30.3 Å². The Morgan fingerprint density at radius 2 is 1.82 bits per heavy atom. The molecule has 2 amide bonds. The molecule has 0 bridgehead atoms. The maximum absolute atomic E-state index is 12.5. The number of hydrogen-bond donors (Lipinski definition) is 0. The van der Waals surface area contributed by atoms with Gasteiger partial charge in [-0.2, -0.15) is 0 Å². The molecular formula is C15H17N5O2. The molecular weight excluding hydrogens is 282 g/mol. The van der Waals surface area contributed by atoms with Crippen molar-refractivity contribution in [1.82, 2.24) is 24.6 Å². The number of fused-ring (bicyclic) bond motifs is 1. The quantitative estimate of drug-likeness (QED) is 0.815. The Hall–Kier alpha value is -2.70. The minimum Gasteiger partial charge on any atom is -0.342 e. The second kappa shape index (κ2) is 5.59. The van der Waals surface area contributed by atoms with E-state index in [9.17, 15) is 9.59 Å². The van der Waals surface area contributed by atoms with E-state index >= 15 is 0 Å². The van der Waals surface area contributed by atoms with Crippen LogP contribution in [-0.2, 0) is 13.1 Å². The van der Waals surface area contributed by atoms with Crippen LogP contribution < -0.4 is 0 Å². The molecule has 7 heteroatoms. The number of carbonyl (C=O) groups excluding carboxylic acids is 2. The molecule has 1 aliphatic rings. The SMILES string of the molecule is CN(C)C(=O)c1nnc2n1CCN(C(=O)c1ccccc1)C2. The average Bonchev–Trinajstić information content (AvgIpc) is 2.97. The fourth-order valence-corrected chi connectivity index (χ4v) is 2.45. The summed E-state index contributed by atoms with van der Waals surface area (Å²) in [6, 6.07) is 9.15. The molecule has 2 heterocycles. The third kappa shape index (κ3) is 2.45. The predicted octanol–water partition coefficient (Wildman–Crippen LogP) is 0.636. The summed E-state index contributed by atoms with van der Waals surface area (Å²) in [5, 5.41) is 8.03. The van der Waals surface area contributed by atoms with Gasteiger partial charge in [-0.3, -0.25) is 9.59 Å². The second-order valence-electron chi connectivity index (χ2n) is 5.38. The van der Waals surface area contributed by atoms with Crippen LogP contribution in [0.3, 0.4) is 0 Å². The van der Waals surface area contributed by atoms with E-state index in [4.69, 9.17) is 0 Å². The summed E-state index contributed by atoms with van der Waals surface area (Å²) in [6.45, 7) is 1.42. The molecule has 0 radical (unpaired) electrons. The summed E-state index contributed by atoms with van der Waals surface area (Å²) < 4.78 is 1.79. The molecule has 114 valence electrons. The van der Waals surface area contributed by atoms with Crippen LogP contribution in [0.1, 0.15) is 26.8 Å². The van der Waals surface area contributed by atoms with E-state index in [1.165, 1.54) is 4.90 Å². The molecule has 0 saturated heterocycles. The van der Waals surface area contributed by atoms with Gasteiger partial charge in [0.1, 0.15) is 0 Å². The third-order valence-electron chi connectivity index (χ3n) is 3.66. The summed E-state index contributed by atoms with van der Waals surface area (Å²) in [6.07, 6.45) is 0. The maximum atomic E-state index is 12.5. The van der Waals surface area contributed by atoms with Crippen molar-refractivity contribution in [3.63, 3.8) is 0 Å². The van der Waals surface area contributed by atoms with Gasteiger partial charge in [0.05, 0.1) is 6.54 Å². The minimum atomic E-state index is -0.179. The number of carbonyl (C=O) groups is 2. The third-order valence-corrected chi connectivity index (χ3v) is 3.66. The minimum absolute atomic E-state index is 0.0321. The molecule has 2 aromatic rings. The van der Waals surface area contributed by atoms with Crippen molar-refractivity contribution in [2.45, 2.75) is 13.1 Å². The van der Waals surface area contributed by atoms with Crippen molar-refractivity contribution in [3.05, 3.63) is 47.5 Å². The number of rotatable bonds is 2. The fourth-order valence-electron chi connectivity index (χ4n) is 2.45. The van der Waals surface area contributed by atoms with Gasteiger partial charge >= 0.3 is 0 Å². The second-order valence-corrected chi connectivity index (χ2v) is 5.38. The van der Waals surface area contributed by atoms with Crippen molar-refractivity contribution >= 4 is 11.8 Å². The van der Waals surface area contributed by atoms with E-state index in [0.29, 0.717) is 36.8 Å². The van der Waals surface area contributed by atoms with Gasteiger partial charge in [0.25, 0.3) is 11.8 Å². The summed E-state index contributed by atoms with van der Waals surface area (Å²) >= 11 is 0. The van der Waals surface area contributed by atoms with E-state index in [0.717, 1.165) is 0 Å². The van der Waals surface area contributed by atoms with Gasteiger partial charge in [0, 0.05) is 32.7 Å². The number of hydrogen-bond acceptors (Lipinski definition) is 4. The number of benzene rings is 1. The standard InChI is InChI=1S/C15H17N5O2/c1-18(2)15(22)13-17-16-12-10-19(8-9-20(12)13)14(21)11-6-4-3-5-7-11/h3-7H,8-10H2,1-2H3. The van der Waals surface area contributed by atoms with Crippen molar-refractivity contribution in [2.24, 2.45) is 0 Å². The molecule has 1 aromatic carbocycles. The average molecular weight is 299 g/mol. The molecule has 0 aliphatic carbocycles. The van der Waals surface area contributed by atoms with Crippen molar-refractivity contribution in [2.75, 3.05) is 20.6 Å². The molecule has 1 aliphatic heterocycles. The monoisotopic (exact) mass is 299 g/mol. The van der Waals surface area contributed by atoms with Crippen LogP contribution in [0.5, 0.6) is 0 Å². The molecule has 0 unspecified atom stereocenters. The maximum Gasteiger partial charge on any atom is 0.291 e. The zero-order valence-electron chi connectivity index (χ0n) is 12.6. The topological polar surface area (TPSA) is 71.3 Å². The van der Waals surface area contributed by atoms with Crippen LogP contribution >= 0.6 is 0 Å². The van der Waals surface area contributed by atoms with Gasteiger partial charge < -0.3 is 14.4 Å². The van der Waals surface area contributed by atoms with Crippen LogP contribution in [0.4, 0.5) is 0 Å². The largest absolute Gasteiger partial charge is 0.342 e. The van der Waals surface area contributed by atoms with Crippen LogP contribution in [-0.4, -0.2) is 57.0 Å². The van der Waals surface area contributed by atoms with Crippen molar-refractivity contribution in [1.29, 1.82) is 0 Å². The lowest BCUT2D eigenvalue weighted by molar-refractivity contribution is 0.0703. The Balaban J connectivity index is 1.81. The Bertz CT molecular complexity index is 708. The smallest absolute Gasteiger partial charge is 0.291 e. The molecule has 22 heavy (non-hydrogen) atoms.